The van der Waals surface area contributed by atoms with Crippen molar-refractivity contribution < 1.29 is 57.1 Å². The number of likely N-dealkylation sites (tertiary alicyclic amines) is 2. The van der Waals surface area contributed by atoms with Crippen LogP contribution in [-0.2, 0) is 19.1 Å². The maximum atomic E-state index is 14.3. The maximum absolute atomic E-state index is 14.3. The smallest absolute Gasteiger partial charge is 0.328 e. The van der Waals surface area contributed by atoms with Crippen molar-refractivity contribution in [3.05, 3.63) is 84.0 Å². The molecule has 2 N–H and O–H groups in total. The van der Waals surface area contributed by atoms with Crippen LogP contribution in [0.15, 0.2) is 61.2 Å². The summed E-state index contributed by atoms with van der Waals surface area (Å²) in [6, 6.07) is 9.02. The summed E-state index contributed by atoms with van der Waals surface area (Å²) >= 11 is 0. The average Bonchev–Trinajstić information content (AvgIpc) is 1.53. The van der Waals surface area contributed by atoms with Crippen LogP contribution >= 0.6 is 0 Å². The molecule has 520 valence electrons. The fourth-order valence-electron chi connectivity index (χ4n) is 13.3. The third kappa shape index (κ3) is 21.2. The number of ether oxygens (including phenoxy) is 4. The first-order chi connectivity index (χ1) is 44.8. The van der Waals surface area contributed by atoms with E-state index in [2.05, 4.69) is 102 Å². The van der Waals surface area contributed by atoms with Crippen molar-refractivity contribution in [2.24, 2.45) is 22.7 Å². The molecule has 0 radical (unpaired) electrons. The zero-order chi connectivity index (χ0) is 68.9. The van der Waals surface area contributed by atoms with E-state index in [4.69, 9.17) is 29.2 Å². The van der Waals surface area contributed by atoms with E-state index in [1.807, 2.05) is 41.5 Å². The minimum Gasteiger partial charge on any atom is -0.478 e. The van der Waals surface area contributed by atoms with Crippen LogP contribution in [0.1, 0.15) is 128 Å². The van der Waals surface area contributed by atoms with Gasteiger partial charge in [0, 0.05) is 127 Å². The van der Waals surface area contributed by atoms with E-state index in [0.717, 1.165) is 105 Å². The van der Waals surface area contributed by atoms with Crippen molar-refractivity contribution in [2.45, 2.75) is 132 Å². The number of rotatable bonds is 32. The Morgan fingerprint density at radius 2 is 0.957 bits per heavy atom. The Hall–Kier alpha value is -7.10. The molecule has 6 heterocycles. The molecule has 0 saturated carbocycles. The van der Waals surface area contributed by atoms with Gasteiger partial charge in [0.1, 0.15) is 35.8 Å². The molecule has 4 aliphatic heterocycles. The van der Waals surface area contributed by atoms with Crippen molar-refractivity contribution in [1.82, 2.24) is 59.8 Å². The zero-order valence-electron chi connectivity index (χ0n) is 58.0. The predicted molar refractivity (Wildman–Crippen MR) is 357 cm³/mol. The number of amides is 2. The van der Waals surface area contributed by atoms with Crippen LogP contribution in [0, 0.1) is 34.3 Å². The molecule has 4 aromatic rings. The van der Waals surface area contributed by atoms with Gasteiger partial charge < -0.3 is 58.6 Å². The first kappa shape index (κ1) is 75.9. The van der Waals surface area contributed by atoms with Gasteiger partial charge in [-0.1, -0.05) is 27.7 Å². The molecule has 4 fully saturated rings. The van der Waals surface area contributed by atoms with Crippen molar-refractivity contribution in [1.29, 1.82) is 0 Å². The molecular formula is C68H104F2N14O10. The highest BCUT2D eigenvalue weighted by molar-refractivity contribution is 5.98. The number of nitrogens with zero attached hydrogens (tertiary/aromatic N) is 14. The van der Waals surface area contributed by atoms with E-state index in [9.17, 15) is 28.0 Å². The minimum atomic E-state index is -1.26. The Balaban J connectivity index is 0.000000267. The van der Waals surface area contributed by atoms with E-state index < -0.39 is 23.6 Å². The number of benzene rings is 2. The summed E-state index contributed by atoms with van der Waals surface area (Å²) in [5.74, 6) is -0.801. The van der Waals surface area contributed by atoms with Crippen molar-refractivity contribution >= 4 is 35.4 Å². The summed E-state index contributed by atoms with van der Waals surface area (Å²) in [6.07, 6.45) is 11.0. The lowest BCUT2D eigenvalue weighted by Crippen LogP contribution is -2.58. The predicted octanol–water partition coefficient (Wildman–Crippen LogP) is 8.85. The zero-order valence-corrected chi connectivity index (χ0v) is 58.0. The molecule has 0 bridgehead atoms. The van der Waals surface area contributed by atoms with Gasteiger partial charge in [0.2, 0.25) is 0 Å². The van der Waals surface area contributed by atoms with Crippen LogP contribution in [0.3, 0.4) is 0 Å². The molecule has 0 aliphatic carbocycles. The van der Waals surface area contributed by atoms with E-state index >= 15 is 0 Å². The molecule has 4 saturated heterocycles. The highest BCUT2D eigenvalue weighted by atomic mass is 19.1. The van der Waals surface area contributed by atoms with Crippen LogP contribution in [-0.4, -0.2) is 251 Å². The lowest BCUT2D eigenvalue weighted by Gasteiger charge is -2.49. The molecule has 26 heteroatoms. The fourth-order valence-corrected chi connectivity index (χ4v) is 13.3. The second-order valence-electron chi connectivity index (χ2n) is 26.7. The average molecular weight is 1320 g/mol. The second-order valence-corrected chi connectivity index (χ2v) is 26.7. The molecule has 2 amide bonds. The molecular weight excluding hydrogens is 1210 g/mol. The van der Waals surface area contributed by atoms with Gasteiger partial charge >= 0.3 is 11.9 Å². The van der Waals surface area contributed by atoms with Gasteiger partial charge in [0.25, 0.3) is 23.6 Å². The number of hydrogen-bond donors (Lipinski definition) is 2. The third-order valence-electron chi connectivity index (χ3n) is 18.3. The number of halogens is 2. The molecule has 94 heavy (non-hydrogen) atoms. The van der Waals surface area contributed by atoms with Crippen molar-refractivity contribution in [2.75, 3.05) is 143 Å². The van der Waals surface area contributed by atoms with Crippen LogP contribution in [0.2, 0.25) is 0 Å². The highest BCUT2D eigenvalue weighted by Gasteiger charge is 2.52. The quantitative estimate of drug-likeness (QED) is 0.0433. The minimum absolute atomic E-state index is 0.0388. The molecule has 8 rings (SSSR count). The summed E-state index contributed by atoms with van der Waals surface area (Å²) in [7, 11) is 7.83. The van der Waals surface area contributed by atoms with Crippen LogP contribution in [0.5, 0.6) is 23.3 Å². The van der Waals surface area contributed by atoms with E-state index in [1.165, 1.54) is 74.7 Å². The first-order valence-corrected chi connectivity index (χ1v) is 33.2. The van der Waals surface area contributed by atoms with Crippen molar-refractivity contribution in [3.63, 3.8) is 0 Å². The Morgan fingerprint density at radius 1 is 0.585 bits per heavy atom. The largest absolute Gasteiger partial charge is 0.478 e. The number of carbonyl (C=O) groups is 4. The Bertz CT molecular complexity index is 2890. The first-order valence-electron chi connectivity index (χ1n) is 33.2. The van der Waals surface area contributed by atoms with E-state index in [0.29, 0.717) is 60.8 Å². The highest BCUT2D eigenvalue weighted by Crippen LogP contribution is 2.47. The van der Waals surface area contributed by atoms with E-state index in [-0.39, 0.29) is 69.1 Å². The number of aromatic nitrogens is 6. The monoisotopic (exact) mass is 1310 g/mol. The number of carboxylic acid groups (broad SMARTS) is 2. The van der Waals surface area contributed by atoms with Gasteiger partial charge in [-0.05, 0) is 169 Å². The molecule has 2 aromatic carbocycles. The number of aliphatic carboxylic acids is 2. The SMILES string of the molecule is CCN(C(=O)c1cc(F)ccc1Oc1nncnc1N1CC2(CCN(C(CCCN(C)CCOC)C(C)C)C2)C1)C(C)C.CCN(C(=O)c1cc(F)ccc1Oc1nncnc1N1CC2(CCN(C(CCCN(C)CCOC)C(C)C)C2)C1)C(C)C.O=C(O)/C=C/C(=O)O. The number of likely N-dealkylation sites (N-methyl/N-ethyl adjacent to an activating group) is 2. The molecule has 2 spiro atoms. The molecule has 4 aliphatic rings. The molecule has 24 nitrogen and oxygen atoms in total. The Labute approximate surface area is 555 Å². The van der Waals surface area contributed by atoms with Gasteiger partial charge in [-0.25, -0.2) is 28.3 Å². The molecule has 2 aromatic heterocycles. The lowest BCUT2D eigenvalue weighted by molar-refractivity contribution is -0.134. The normalized spacial score (nSPS) is 16.6. The summed E-state index contributed by atoms with van der Waals surface area (Å²) in [5, 5.41) is 32.0. The topological polar surface area (TPSA) is 249 Å². The third-order valence-corrected chi connectivity index (χ3v) is 18.3. The summed E-state index contributed by atoms with van der Waals surface area (Å²) in [4.78, 5) is 72.6. The number of carbonyl (C=O) groups excluding carboxylic acids is 2. The second kappa shape index (κ2) is 36.1. The fraction of sp³-hybridized carbons (Fsp3) is 0.647. The van der Waals surface area contributed by atoms with Gasteiger partial charge in [0.05, 0.1) is 24.3 Å². The van der Waals surface area contributed by atoms with Gasteiger partial charge in [-0.2, -0.15) is 0 Å². The summed E-state index contributed by atoms with van der Waals surface area (Å²) < 4.78 is 51.3. The Kier molecular flexibility index (Phi) is 29.2. The maximum Gasteiger partial charge on any atom is 0.328 e. The number of anilines is 2. The van der Waals surface area contributed by atoms with E-state index in [1.54, 1.807) is 24.0 Å². The Morgan fingerprint density at radius 3 is 1.28 bits per heavy atom. The molecule has 2 atom stereocenters. The van der Waals surface area contributed by atoms with Crippen LogP contribution in [0.4, 0.5) is 20.4 Å². The van der Waals surface area contributed by atoms with Gasteiger partial charge in [-0.15, -0.1) is 20.4 Å². The van der Waals surface area contributed by atoms with Crippen molar-refractivity contribution in [3.8, 4) is 23.3 Å². The van der Waals surface area contributed by atoms with Gasteiger partial charge in [0.15, 0.2) is 11.6 Å². The summed E-state index contributed by atoms with van der Waals surface area (Å²) in [5.41, 5.74) is 0.729. The number of methoxy groups -OCH3 is 2. The lowest BCUT2D eigenvalue weighted by atomic mass is 9.79. The summed E-state index contributed by atoms with van der Waals surface area (Å²) in [6.45, 7) is 35.3. The van der Waals surface area contributed by atoms with Crippen LogP contribution in [0.25, 0.3) is 0 Å². The number of hydrogen-bond acceptors (Lipinski definition) is 20. The standard InChI is InChI=1S/2C32H50FN7O3.C4H4O4/c2*1-8-40(24(4)5)31(41)26-18-25(33)11-12-28(26)43-30-29(34-22-35-36-30)39-20-32(21-39)13-15-38(19-32)27(23(2)3)10-9-14-37(6)16-17-42-7;5-3(6)1-2-4(7)8/h2*11-12,18,22-24,27H,8-10,13-17,19-21H2,1-7H3;1-2H,(H,5,6)(H,7,8)/b;;2-1+. The van der Waals surface area contributed by atoms with Crippen LogP contribution < -0.4 is 19.3 Å². The number of carboxylic acids is 2. The van der Waals surface area contributed by atoms with Gasteiger partial charge in [-0.3, -0.25) is 19.4 Å². The molecule has 2 unspecified atom stereocenters.